The molecule has 0 atom stereocenters. The molecule has 0 bridgehead atoms. The van der Waals surface area contributed by atoms with E-state index in [4.69, 9.17) is 0 Å². The van der Waals surface area contributed by atoms with Crippen molar-refractivity contribution in [2.75, 3.05) is 6.54 Å². The molecule has 0 aromatic heterocycles. The molecule has 0 saturated heterocycles. The van der Waals surface area contributed by atoms with Crippen LogP contribution in [0.4, 0.5) is 0 Å². The van der Waals surface area contributed by atoms with Crippen LogP contribution < -0.4 is 8.85 Å². The Kier molecular flexibility index (Phi) is 5.81. The number of amides is 2. The Balaban J connectivity index is 3.73. The second kappa shape index (κ2) is 6.14. The Morgan fingerprint density at radius 2 is 1.91 bits per heavy atom. The van der Waals surface area contributed by atoms with Gasteiger partial charge in [-0.1, -0.05) is 0 Å². The summed E-state index contributed by atoms with van der Waals surface area (Å²) in [6, 6.07) is 0. The summed E-state index contributed by atoms with van der Waals surface area (Å²) < 4.78 is 2.33. The van der Waals surface area contributed by atoms with Crippen LogP contribution in [0.1, 0.15) is 6.92 Å². The molecule has 0 aliphatic heterocycles. The summed E-state index contributed by atoms with van der Waals surface area (Å²) in [5, 5.41) is 2.52. The molecule has 0 rings (SSSR count). The molecule has 4 nitrogen and oxygen atoms in total. The molecule has 0 saturated carbocycles. The summed E-state index contributed by atoms with van der Waals surface area (Å²) in [5.41, 5.74) is 0. The van der Waals surface area contributed by atoms with Crippen molar-refractivity contribution in [2.45, 2.75) is 6.92 Å². The molecular weight excluding hydrogens is 259 g/mol. The van der Waals surface area contributed by atoms with Gasteiger partial charge in [-0.05, 0) is 6.92 Å². The molecule has 5 heteroatoms. The number of nitrogens with one attached hydrogen (secondary N) is 2. The van der Waals surface area contributed by atoms with E-state index in [9.17, 15) is 9.59 Å². The zero-order valence-corrected chi connectivity index (χ0v) is 8.21. The van der Waals surface area contributed by atoms with E-state index in [0.29, 0.717) is 6.54 Å². The molecule has 11 heavy (non-hydrogen) atoms. The molecule has 2 N–H and O–H groups in total. The lowest BCUT2D eigenvalue weighted by Gasteiger charge is -1.93. The molecule has 0 aliphatic rings. The lowest BCUT2D eigenvalue weighted by Crippen LogP contribution is -2.20. The SMILES string of the molecule is CCNC(=O)/C=C/C(=O)NI. The fourth-order valence-corrected chi connectivity index (χ4v) is 0.596. The summed E-state index contributed by atoms with van der Waals surface area (Å²) in [7, 11) is 0. The zero-order chi connectivity index (χ0) is 8.69. The number of hydrogen-bond donors (Lipinski definition) is 2. The lowest BCUT2D eigenvalue weighted by molar-refractivity contribution is -0.117. The van der Waals surface area contributed by atoms with Crippen LogP contribution in [-0.4, -0.2) is 18.4 Å². The van der Waals surface area contributed by atoms with Gasteiger partial charge in [-0.25, -0.2) is 0 Å². The van der Waals surface area contributed by atoms with E-state index in [1.807, 2.05) is 6.92 Å². The van der Waals surface area contributed by atoms with Gasteiger partial charge in [-0.15, -0.1) is 0 Å². The van der Waals surface area contributed by atoms with Crippen molar-refractivity contribution in [1.82, 2.24) is 8.85 Å². The van der Waals surface area contributed by atoms with Crippen molar-refractivity contribution in [1.29, 1.82) is 0 Å². The maximum atomic E-state index is 10.7. The van der Waals surface area contributed by atoms with Gasteiger partial charge < -0.3 is 5.32 Å². The van der Waals surface area contributed by atoms with Gasteiger partial charge in [0.15, 0.2) is 0 Å². The van der Waals surface area contributed by atoms with Crippen molar-refractivity contribution in [2.24, 2.45) is 0 Å². The topological polar surface area (TPSA) is 58.2 Å². The Labute approximate surface area is 78.9 Å². The Bertz CT molecular complexity index is 179. The fraction of sp³-hybridized carbons (Fsp3) is 0.333. The molecule has 0 aromatic carbocycles. The van der Waals surface area contributed by atoms with Crippen molar-refractivity contribution in [3.8, 4) is 0 Å². The number of carbonyl (C=O) groups is 2. The smallest absolute Gasteiger partial charge is 0.252 e. The minimum absolute atomic E-state index is 0.257. The highest BCUT2D eigenvalue weighted by atomic mass is 127. The quantitative estimate of drug-likeness (QED) is 0.434. The van der Waals surface area contributed by atoms with Crippen LogP contribution in [0, 0.1) is 0 Å². The number of likely N-dealkylation sites (N-methyl/N-ethyl adjacent to an activating group) is 1. The van der Waals surface area contributed by atoms with Gasteiger partial charge in [0.2, 0.25) is 5.91 Å². The largest absolute Gasteiger partial charge is 0.353 e. The molecule has 0 aliphatic carbocycles. The molecule has 0 unspecified atom stereocenters. The molecule has 0 aromatic rings. The second-order valence-corrected chi connectivity index (χ2v) is 2.23. The second-order valence-electron chi connectivity index (χ2n) is 1.69. The first-order chi connectivity index (χ1) is 5.20. The van der Waals surface area contributed by atoms with Crippen molar-refractivity contribution < 1.29 is 9.59 Å². The Hall–Kier alpha value is -0.590. The monoisotopic (exact) mass is 268 g/mol. The van der Waals surface area contributed by atoms with E-state index in [1.54, 1.807) is 22.9 Å². The normalized spacial score (nSPS) is 9.64. The molecule has 0 fully saturated rings. The van der Waals surface area contributed by atoms with E-state index in [2.05, 4.69) is 8.85 Å². The molecule has 0 radical (unpaired) electrons. The predicted molar refractivity (Wildman–Crippen MR) is 50.0 cm³/mol. The van der Waals surface area contributed by atoms with Crippen LogP contribution in [0.2, 0.25) is 0 Å². The van der Waals surface area contributed by atoms with Gasteiger partial charge in [0.25, 0.3) is 5.91 Å². The minimum Gasteiger partial charge on any atom is -0.353 e. The first kappa shape index (κ1) is 10.4. The summed E-state index contributed by atoms with van der Waals surface area (Å²) in [5.74, 6) is -0.552. The third-order valence-corrected chi connectivity index (χ3v) is 1.36. The first-order valence-electron chi connectivity index (χ1n) is 3.07. The maximum absolute atomic E-state index is 10.7. The van der Waals surface area contributed by atoms with Gasteiger partial charge in [0.05, 0.1) is 22.9 Å². The van der Waals surface area contributed by atoms with Gasteiger partial charge >= 0.3 is 0 Å². The molecule has 2 amide bonds. The molecule has 62 valence electrons. The van der Waals surface area contributed by atoms with Crippen LogP contribution in [0.15, 0.2) is 12.2 Å². The highest BCUT2D eigenvalue weighted by Gasteiger charge is 1.93. The van der Waals surface area contributed by atoms with Crippen LogP contribution >= 0.6 is 22.9 Å². The minimum atomic E-state index is -0.295. The van der Waals surface area contributed by atoms with Gasteiger partial charge in [0.1, 0.15) is 0 Å². The van der Waals surface area contributed by atoms with Crippen molar-refractivity contribution in [3.63, 3.8) is 0 Å². The molecule has 0 heterocycles. The maximum Gasteiger partial charge on any atom is 0.252 e. The average Bonchev–Trinajstić information content (AvgIpc) is 2.01. The van der Waals surface area contributed by atoms with Gasteiger partial charge in [0, 0.05) is 18.7 Å². The molecular formula is C6H9IN2O2. The third-order valence-electron chi connectivity index (χ3n) is 0.830. The highest BCUT2D eigenvalue weighted by molar-refractivity contribution is 14.1. The van der Waals surface area contributed by atoms with Crippen LogP contribution in [0.5, 0.6) is 0 Å². The van der Waals surface area contributed by atoms with Crippen LogP contribution in [0.25, 0.3) is 0 Å². The van der Waals surface area contributed by atoms with E-state index in [0.717, 1.165) is 0 Å². The van der Waals surface area contributed by atoms with Gasteiger partial charge in [-0.2, -0.15) is 0 Å². The van der Waals surface area contributed by atoms with Crippen LogP contribution in [0.3, 0.4) is 0 Å². The number of rotatable bonds is 3. The average molecular weight is 268 g/mol. The summed E-state index contributed by atoms with van der Waals surface area (Å²) >= 11 is 1.70. The Morgan fingerprint density at radius 3 is 2.36 bits per heavy atom. The lowest BCUT2D eigenvalue weighted by atomic mass is 10.4. The standard InChI is InChI=1S/C6H9IN2O2/c1-2-8-5(10)3-4-6(11)9-7/h3-4H,2H2,1H3,(H,8,10)(H,9,11)/b4-3+. The van der Waals surface area contributed by atoms with Crippen molar-refractivity contribution >= 4 is 34.7 Å². The summed E-state index contributed by atoms with van der Waals surface area (Å²) in [6.45, 7) is 2.37. The van der Waals surface area contributed by atoms with E-state index < -0.39 is 0 Å². The fourth-order valence-electron chi connectivity index (χ4n) is 0.416. The summed E-state index contributed by atoms with van der Waals surface area (Å²) in [6.07, 6.45) is 2.37. The zero-order valence-electron chi connectivity index (χ0n) is 6.06. The third kappa shape index (κ3) is 5.84. The highest BCUT2D eigenvalue weighted by Crippen LogP contribution is 1.77. The number of hydrogen-bond acceptors (Lipinski definition) is 2. The van der Waals surface area contributed by atoms with Crippen LogP contribution in [-0.2, 0) is 9.59 Å². The van der Waals surface area contributed by atoms with E-state index >= 15 is 0 Å². The van der Waals surface area contributed by atoms with Crippen molar-refractivity contribution in [3.05, 3.63) is 12.2 Å². The predicted octanol–water partition coefficient (Wildman–Crippen LogP) is 0.145. The summed E-state index contributed by atoms with van der Waals surface area (Å²) in [4.78, 5) is 21.2. The molecule has 0 spiro atoms. The van der Waals surface area contributed by atoms with Gasteiger partial charge in [-0.3, -0.25) is 13.1 Å². The number of carbonyl (C=O) groups excluding carboxylic acids is 2. The van der Waals surface area contributed by atoms with E-state index in [1.165, 1.54) is 12.2 Å². The van der Waals surface area contributed by atoms with E-state index in [-0.39, 0.29) is 11.8 Å². The number of halogens is 1. The Morgan fingerprint density at radius 1 is 1.36 bits per heavy atom. The first-order valence-corrected chi connectivity index (χ1v) is 4.15.